The lowest BCUT2D eigenvalue weighted by atomic mass is 9.98. The van der Waals surface area contributed by atoms with E-state index in [4.69, 9.17) is 27.3 Å². The number of ether oxygens (including phenoxy) is 1. The van der Waals surface area contributed by atoms with Crippen molar-refractivity contribution in [3.8, 4) is 6.07 Å². The standard InChI is InChI=1S/C14H18ClN3O/c1-10(17)14(11-2-4-12(15)5-3-11)18-6-7-19-13(8-16)9-18/h2-5,10,13-14H,6-7,9,17H2,1H3. The molecule has 1 heterocycles. The van der Waals surface area contributed by atoms with Crippen LogP contribution in [0.3, 0.4) is 0 Å². The van der Waals surface area contributed by atoms with Gasteiger partial charge in [0, 0.05) is 30.2 Å². The van der Waals surface area contributed by atoms with Crippen LogP contribution in [0.1, 0.15) is 18.5 Å². The summed E-state index contributed by atoms with van der Waals surface area (Å²) in [6.45, 7) is 3.92. The van der Waals surface area contributed by atoms with Gasteiger partial charge in [0.25, 0.3) is 0 Å². The zero-order valence-electron chi connectivity index (χ0n) is 10.9. The minimum atomic E-state index is -0.373. The zero-order chi connectivity index (χ0) is 13.8. The smallest absolute Gasteiger partial charge is 0.156 e. The molecule has 1 aliphatic rings. The molecular weight excluding hydrogens is 262 g/mol. The topological polar surface area (TPSA) is 62.3 Å². The Labute approximate surface area is 118 Å². The molecule has 1 fully saturated rings. The van der Waals surface area contributed by atoms with Gasteiger partial charge < -0.3 is 10.5 Å². The van der Waals surface area contributed by atoms with E-state index in [1.165, 1.54) is 0 Å². The molecule has 1 aromatic rings. The molecule has 5 heteroatoms. The van der Waals surface area contributed by atoms with E-state index >= 15 is 0 Å². The monoisotopic (exact) mass is 279 g/mol. The average molecular weight is 280 g/mol. The predicted octanol–water partition coefficient (Wildman–Crippen LogP) is 1.95. The lowest BCUT2D eigenvalue weighted by Crippen LogP contribution is -2.48. The quantitative estimate of drug-likeness (QED) is 0.919. The Morgan fingerprint density at radius 1 is 1.47 bits per heavy atom. The molecule has 0 aromatic heterocycles. The molecule has 19 heavy (non-hydrogen) atoms. The highest BCUT2D eigenvalue weighted by atomic mass is 35.5. The Balaban J connectivity index is 2.20. The summed E-state index contributed by atoms with van der Waals surface area (Å²) in [6, 6.07) is 9.94. The molecule has 1 aliphatic heterocycles. The van der Waals surface area contributed by atoms with Crippen molar-refractivity contribution in [2.75, 3.05) is 19.7 Å². The van der Waals surface area contributed by atoms with Crippen LogP contribution in [0, 0.1) is 11.3 Å². The van der Waals surface area contributed by atoms with Crippen LogP contribution < -0.4 is 5.73 Å². The van der Waals surface area contributed by atoms with Gasteiger partial charge in [0.1, 0.15) is 0 Å². The Bertz CT molecular complexity index is 455. The fourth-order valence-corrected chi connectivity index (χ4v) is 2.63. The molecule has 0 bridgehead atoms. The van der Waals surface area contributed by atoms with Gasteiger partial charge in [-0.3, -0.25) is 4.90 Å². The zero-order valence-corrected chi connectivity index (χ0v) is 11.7. The molecule has 0 radical (unpaired) electrons. The Morgan fingerprint density at radius 3 is 2.74 bits per heavy atom. The van der Waals surface area contributed by atoms with E-state index in [0.717, 1.165) is 12.1 Å². The summed E-state index contributed by atoms with van der Waals surface area (Å²) in [5, 5.41) is 9.70. The van der Waals surface area contributed by atoms with Crippen LogP contribution in [-0.4, -0.2) is 36.7 Å². The summed E-state index contributed by atoms with van der Waals surface area (Å²) in [4.78, 5) is 2.21. The summed E-state index contributed by atoms with van der Waals surface area (Å²) >= 11 is 5.92. The van der Waals surface area contributed by atoms with E-state index in [1.54, 1.807) is 0 Å². The molecule has 3 unspecified atom stereocenters. The molecule has 2 rings (SSSR count). The van der Waals surface area contributed by atoms with Gasteiger partial charge >= 0.3 is 0 Å². The molecule has 0 aliphatic carbocycles. The fraction of sp³-hybridized carbons (Fsp3) is 0.500. The van der Waals surface area contributed by atoms with E-state index in [-0.39, 0.29) is 18.2 Å². The van der Waals surface area contributed by atoms with Crippen molar-refractivity contribution in [1.29, 1.82) is 5.26 Å². The number of rotatable bonds is 3. The van der Waals surface area contributed by atoms with Crippen molar-refractivity contribution in [3.05, 3.63) is 34.9 Å². The number of benzene rings is 1. The van der Waals surface area contributed by atoms with Crippen LogP contribution in [0.5, 0.6) is 0 Å². The third-order valence-electron chi connectivity index (χ3n) is 3.34. The van der Waals surface area contributed by atoms with Gasteiger partial charge in [-0.05, 0) is 24.6 Å². The molecule has 3 atom stereocenters. The molecular formula is C14H18ClN3O. The van der Waals surface area contributed by atoms with Gasteiger partial charge in [-0.1, -0.05) is 23.7 Å². The highest BCUT2D eigenvalue weighted by Crippen LogP contribution is 2.26. The minimum absolute atomic E-state index is 0.0291. The van der Waals surface area contributed by atoms with E-state index in [9.17, 15) is 0 Å². The highest BCUT2D eigenvalue weighted by molar-refractivity contribution is 6.30. The molecule has 1 aromatic carbocycles. The molecule has 0 spiro atoms. The van der Waals surface area contributed by atoms with Gasteiger partial charge in [0.2, 0.25) is 0 Å². The van der Waals surface area contributed by atoms with E-state index < -0.39 is 0 Å². The van der Waals surface area contributed by atoms with Crippen LogP contribution in [0.4, 0.5) is 0 Å². The maximum atomic E-state index is 8.99. The number of hydrogen-bond donors (Lipinski definition) is 1. The third kappa shape index (κ3) is 3.46. The summed E-state index contributed by atoms with van der Waals surface area (Å²) in [5.41, 5.74) is 7.25. The van der Waals surface area contributed by atoms with E-state index in [1.807, 2.05) is 31.2 Å². The normalized spacial score (nSPS) is 23.6. The van der Waals surface area contributed by atoms with Gasteiger partial charge in [0.05, 0.1) is 12.7 Å². The Morgan fingerprint density at radius 2 is 2.16 bits per heavy atom. The Hall–Kier alpha value is -1.12. The lowest BCUT2D eigenvalue weighted by Gasteiger charge is -2.38. The van der Waals surface area contributed by atoms with Crippen molar-refractivity contribution >= 4 is 11.6 Å². The van der Waals surface area contributed by atoms with Crippen LogP contribution in [0.2, 0.25) is 5.02 Å². The maximum Gasteiger partial charge on any atom is 0.156 e. The van der Waals surface area contributed by atoms with E-state index in [0.29, 0.717) is 18.2 Å². The minimum Gasteiger partial charge on any atom is -0.361 e. The largest absolute Gasteiger partial charge is 0.361 e. The highest BCUT2D eigenvalue weighted by Gasteiger charge is 2.29. The van der Waals surface area contributed by atoms with Crippen molar-refractivity contribution in [2.45, 2.75) is 25.1 Å². The molecule has 0 amide bonds. The van der Waals surface area contributed by atoms with Crippen molar-refractivity contribution in [2.24, 2.45) is 5.73 Å². The number of nitrogens with two attached hydrogens (primary N) is 1. The first-order chi connectivity index (χ1) is 9.11. The first-order valence-electron chi connectivity index (χ1n) is 6.38. The fourth-order valence-electron chi connectivity index (χ4n) is 2.51. The van der Waals surface area contributed by atoms with Gasteiger partial charge in [-0.2, -0.15) is 5.26 Å². The maximum absolute atomic E-state index is 8.99. The number of morpholine rings is 1. The molecule has 2 N–H and O–H groups in total. The summed E-state index contributed by atoms with van der Waals surface area (Å²) in [5.74, 6) is 0. The van der Waals surface area contributed by atoms with E-state index in [2.05, 4.69) is 11.0 Å². The second kappa shape index (κ2) is 6.36. The third-order valence-corrected chi connectivity index (χ3v) is 3.60. The molecule has 0 saturated carbocycles. The van der Waals surface area contributed by atoms with Crippen molar-refractivity contribution in [3.63, 3.8) is 0 Å². The lowest BCUT2D eigenvalue weighted by molar-refractivity contribution is -0.0210. The number of nitriles is 1. The second-order valence-electron chi connectivity index (χ2n) is 4.84. The number of hydrogen-bond acceptors (Lipinski definition) is 4. The molecule has 1 saturated heterocycles. The predicted molar refractivity (Wildman–Crippen MR) is 74.8 cm³/mol. The van der Waals surface area contributed by atoms with Crippen LogP contribution in [0.15, 0.2) is 24.3 Å². The van der Waals surface area contributed by atoms with Gasteiger partial charge in [0.15, 0.2) is 6.10 Å². The number of halogens is 1. The van der Waals surface area contributed by atoms with Crippen LogP contribution >= 0.6 is 11.6 Å². The first kappa shape index (κ1) is 14.3. The first-order valence-corrected chi connectivity index (χ1v) is 6.76. The van der Waals surface area contributed by atoms with Crippen molar-refractivity contribution in [1.82, 2.24) is 4.90 Å². The molecule has 4 nitrogen and oxygen atoms in total. The van der Waals surface area contributed by atoms with Gasteiger partial charge in [-0.15, -0.1) is 0 Å². The average Bonchev–Trinajstić information content (AvgIpc) is 2.41. The summed E-state index contributed by atoms with van der Waals surface area (Å²) in [6.07, 6.45) is -0.373. The van der Waals surface area contributed by atoms with Crippen LogP contribution in [0.25, 0.3) is 0 Å². The second-order valence-corrected chi connectivity index (χ2v) is 5.28. The number of nitrogens with zero attached hydrogens (tertiary/aromatic N) is 2. The summed E-state index contributed by atoms with van der Waals surface area (Å²) in [7, 11) is 0. The van der Waals surface area contributed by atoms with Gasteiger partial charge in [-0.25, -0.2) is 0 Å². The Kier molecular flexibility index (Phi) is 4.78. The van der Waals surface area contributed by atoms with Crippen molar-refractivity contribution < 1.29 is 4.74 Å². The summed E-state index contributed by atoms with van der Waals surface area (Å²) < 4.78 is 5.38. The van der Waals surface area contributed by atoms with Crippen LogP contribution in [-0.2, 0) is 4.74 Å². The SMILES string of the molecule is CC(N)C(c1ccc(Cl)cc1)N1CCOC(C#N)C1. The molecule has 102 valence electrons.